The second-order valence-electron chi connectivity index (χ2n) is 8.45. The summed E-state index contributed by atoms with van der Waals surface area (Å²) in [5.74, 6) is 0.218. The smallest absolute Gasteiger partial charge is 0.288 e. The Morgan fingerprint density at radius 1 is 1.06 bits per heavy atom. The minimum absolute atomic E-state index is 0.0587. The molecule has 0 radical (unpaired) electrons. The molecule has 162 valence electrons. The van der Waals surface area contributed by atoms with E-state index in [-0.39, 0.29) is 22.7 Å². The average molecular weight is 448 g/mol. The zero-order chi connectivity index (χ0) is 22.4. The Balaban J connectivity index is 1.64. The number of halogens is 1. The lowest BCUT2D eigenvalue weighted by molar-refractivity contribution is -0.692. The van der Waals surface area contributed by atoms with Crippen LogP contribution in [0.2, 0.25) is 5.02 Å². The molecule has 1 aliphatic rings. The molecule has 0 aliphatic carbocycles. The van der Waals surface area contributed by atoms with Crippen LogP contribution in [0.1, 0.15) is 34.3 Å². The van der Waals surface area contributed by atoms with E-state index in [2.05, 4.69) is 57.7 Å². The number of aromatic amines is 1. The van der Waals surface area contributed by atoms with Crippen molar-refractivity contribution in [3.05, 3.63) is 104 Å². The summed E-state index contributed by atoms with van der Waals surface area (Å²) in [5.41, 5.74) is 6.68. The van der Waals surface area contributed by atoms with Gasteiger partial charge in [0.1, 0.15) is 5.02 Å². The monoisotopic (exact) mass is 447 g/mol. The van der Waals surface area contributed by atoms with Gasteiger partial charge < -0.3 is 15.2 Å². The van der Waals surface area contributed by atoms with Crippen LogP contribution in [0.5, 0.6) is 0 Å². The van der Waals surface area contributed by atoms with Gasteiger partial charge in [-0.05, 0) is 29.8 Å². The lowest BCUT2D eigenvalue weighted by Crippen LogP contribution is -2.88. The van der Waals surface area contributed by atoms with Crippen LogP contribution >= 0.6 is 11.6 Å². The summed E-state index contributed by atoms with van der Waals surface area (Å²) in [5, 5.41) is 15.1. The fourth-order valence-electron chi connectivity index (χ4n) is 4.79. The van der Waals surface area contributed by atoms with Gasteiger partial charge in [0, 0.05) is 47.9 Å². The maximum absolute atomic E-state index is 11.5. The number of rotatable bonds is 4. The molecular weight excluding hydrogens is 424 g/mol. The highest BCUT2D eigenvalue weighted by molar-refractivity contribution is 6.32. The molecule has 3 N–H and O–H groups in total. The second-order valence-corrected chi connectivity index (χ2v) is 8.86. The number of nitro benzene ring substituents is 1. The summed E-state index contributed by atoms with van der Waals surface area (Å²) in [6, 6.07) is 22.1. The number of aromatic nitrogens is 1. The number of benzene rings is 3. The number of nitrogens with zero attached hydrogens (tertiary/aromatic N) is 2. The molecular formula is C25H24ClN4O2+. The summed E-state index contributed by atoms with van der Waals surface area (Å²) in [7, 11) is 4.08. The summed E-state index contributed by atoms with van der Waals surface area (Å²) in [6.45, 7) is 0.844. The number of quaternary nitrogens is 1. The third-order valence-electron chi connectivity index (χ3n) is 6.38. The van der Waals surface area contributed by atoms with Crippen molar-refractivity contribution in [2.45, 2.75) is 12.0 Å². The minimum atomic E-state index is -0.421. The largest absolute Gasteiger partial charge is 0.378 e. The van der Waals surface area contributed by atoms with Crippen LogP contribution in [0.15, 0.2) is 66.7 Å². The first-order valence-corrected chi connectivity index (χ1v) is 11.0. The van der Waals surface area contributed by atoms with Gasteiger partial charge in [0.05, 0.1) is 23.1 Å². The molecule has 0 saturated heterocycles. The molecule has 2 heterocycles. The standard InChI is InChI=1S/C25H23ClN4O2/c1-29(2)17-10-7-15(8-11-17)19-14-27-24(16-9-12-20(26)22(13-16)30(31)32)25-23(19)18-5-3-4-6-21(18)28-25/h3-13,19,24,27-28H,14H2,1-2H3/p+1/t19-,24-/m0/s1. The summed E-state index contributed by atoms with van der Waals surface area (Å²) < 4.78 is 0. The first-order chi connectivity index (χ1) is 15.4. The van der Waals surface area contributed by atoms with Gasteiger partial charge >= 0.3 is 0 Å². The van der Waals surface area contributed by atoms with Crippen molar-refractivity contribution in [3.8, 4) is 0 Å². The van der Waals surface area contributed by atoms with Crippen molar-refractivity contribution >= 4 is 33.9 Å². The van der Waals surface area contributed by atoms with Crippen molar-refractivity contribution in [2.24, 2.45) is 0 Å². The maximum atomic E-state index is 11.5. The Bertz CT molecular complexity index is 1310. The van der Waals surface area contributed by atoms with Crippen LogP contribution < -0.4 is 10.2 Å². The van der Waals surface area contributed by atoms with Crippen molar-refractivity contribution in [2.75, 3.05) is 25.5 Å². The first kappa shape index (κ1) is 20.5. The van der Waals surface area contributed by atoms with E-state index in [0.29, 0.717) is 0 Å². The number of fused-ring (bicyclic) bond motifs is 3. The highest BCUT2D eigenvalue weighted by atomic mass is 35.5. The first-order valence-electron chi connectivity index (χ1n) is 10.6. The van der Waals surface area contributed by atoms with Gasteiger partial charge in [-0.3, -0.25) is 10.1 Å². The van der Waals surface area contributed by atoms with Crippen molar-refractivity contribution in [1.82, 2.24) is 4.98 Å². The topological polar surface area (TPSA) is 78.8 Å². The van der Waals surface area contributed by atoms with E-state index < -0.39 is 4.92 Å². The number of hydrogen-bond donors (Lipinski definition) is 2. The van der Waals surface area contributed by atoms with Crippen LogP contribution in [0.25, 0.3) is 10.9 Å². The van der Waals surface area contributed by atoms with Crippen molar-refractivity contribution in [3.63, 3.8) is 0 Å². The van der Waals surface area contributed by atoms with E-state index in [0.717, 1.165) is 23.3 Å². The van der Waals surface area contributed by atoms with Crippen molar-refractivity contribution in [1.29, 1.82) is 0 Å². The van der Waals surface area contributed by atoms with Crippen LogP contribution in [0, 0.1) is 10.1 Å². The van der Waals surface area contributed by atoms with Crippen molar-refractivity contribution < 1.29 is 10.2 Å². The van der Waals surface area contributed by atoms with Crippen LogP contribution in [0.4, 0.5) is 11.4 Å². The Morgan fingerprint density at radius 2 is 1.78 bits per heavy atom. The van der Waals surface area contributed by atoms with Gasteiger partial charge in [-0.25, -0.2) is 0 Å². The summed E-state index contributed by atoms with van der Waals surface area (Å²) in [6.07, 6.45) is 0. The molecule has 0 bridgehead atoms. The SMILES string of the molecule is CN(C)c1ccc([C@@H]2C[NH2+][C@@H](c3ccc(Cl)c([N+](=O)[O-])c3)c3[nH]c4ccccc4c32)cc1. The quantitative estimate of drug-likeness (QED) is 0.354. The fraction of sp³-hybridized carbons (Fsp3) is 0.200. The molecule has 4 aromatic rings. The molecule has 7 heteroatoms. The van der Waals surface area contributed by atoms with Gasteiger partial charge in [0.2, 0.25) is 0 Å². The molecule has 5 rings (SSSR count). The molecule has 6 nitrogen and oxygen atoms in total. The number of nitrogens with one attached hydrogen (secondary N) is 1. The third-order valence-corrected chi connectivity index (χ3v) is 6.70. The molecule has 0 unspecified atom stereocenters. The molecule has 32 heavy (non-hydrogen) atoms. The molecule has 0 fully saturated rings. The predicted octanol–water partition coefficient (Wildman–Crippen LogP) is 4.59. The molecule has 3 aromatic carbocycles. The van der Waals surface area contributed by atoms with Crippen LogP contribution in [0.3, 0.4) is 0 Å². The highest BCUT2D eigenvalue weighted by Gasteiger charge is 2.36. The van der Waals surface area contributed by atoms with E-state index in [1.807, 2.05) is 26.2 Å². The van der Waals surface area contributed by atoms with Gasteiger partial charge in [-0.1, -0.05) is 48.0 Å². The molecule has 0 saturated carbocycles. The van der Waals surface area contributed by atoms with E-state index >= 15 is 0 Å². The predicted molar refractivity (Wildman–Crippen MR) is 128 cm³/mol. The number of H-pyrrole nitrogens is 1. The average Bonchev–Trinajstić information content (AvgIpc) is 3.18. The summed E-state index contributed by atoms with van der Waals surface area (Å²) >= 11 is 6.07. The second kappa shape index (κ2) is 7.97. The zero-order valence-corrected chi connectivity index (χ0v) is 18.6. The van der Waals surface area contributed by atoms with Gasteiger partial charge in [-0.15, -0.1) is 0 Å². The van der Waals surface area contributed by atoms with E-state index in [1.165, 1.54) is 22.2 Å². The maximum Gasteiger partial charge on any atom is 0.288 e. The Hall–Kier alpha value is -3.35. The van der Waals surface area contributed by atoms with E-state index in [9.17, 15) is 10.1 Å². The Labute approximate surface area is 191 Å². The summed E-state index contributed by atoms with van der Waals surface area (Å²) in [4.78, 5) is 16.7. The fourth-order valence-corrected chi connectivity index (χ4v) is 4.97. The highest BCUT2D eigenvalue weighted by Crippen LogP contribution is 2.40. The third kappa shape index (κ3) is 3.42. The number of nitrogens with two attached hydrogens (primary N) is 1. The van der Waals surface area contributed by atoms with Gasteiger partial charge in [0.15, 0.2) is 6.04 Å². The number of para-hydroxylation sites is 1. The van der Waals surface area contributed by atoms with Crippen LogP contribution in [-0.4, -0.2) is 30.5 Å². The Morgan fingerprint density at radius 3 is 2.50 bits per heavy atom. The van der Waals surface area contributed by atoms with Crippen LogP contribution in [-0.2, 0) is 0 Å². The lowest BCUT2D eigenvalue weighted by Gasteiger charge is -2.28. The molecule has 0 amide bonds. The van der Waals surface area contributed by atoms with Gasteiger partial charge in [0.25, 0.3) is 5.69 Å². The normalized spacial score (nSPS) is 17.8. The molecule has 1 aliphatic heterocycles. The molecule has 1 aromatic heterocycles. The van der Waals surface area contributed by atoms with Gasteiger partial charge in [-0.2, -0.15) is 0 Å². The minimum Gasteiger partial charge on any atom is -0.378 e. The lowest BCUT2D eigenvalue weighted by atomic mass is 9.83. The zero-order valence-electron chi connectivity index (χ0n) is 17.9. The van der Waals surface area contributed by atoms with E-state index in [1.54, 1.807) is 12.1 Å². The molecule has 2 atom stereocenters. The number of hydrogen-bond acceptors (Lipinski definition) is 3. The number of anilines is 1. The molecule has 0 spiro atoms. The Kier molecular flexibility index (Phi) is 5.12. The number of nitro groups is 1. The van der Waals surface area contributed by atoms with E-state index in [4.69, 9.17) is 11.6 Å².